The van der Waals surface area contributed by atoms with Gasteiger partial charge >= 0.3 is 0 Å². The molecule has 3 rings (SSSR count). The lowest BCUT2D eigenvalue weighted by molar-refractivity contribution is -0.115. The molecule has 0 aliphatic carbocycles. The molecule has 2 aromatic rings. The number of carbonyl (C=O) groups is 1. The number of carbonyl (C=O) groups excluding carboxylic acids is 1. The van der Waals surface area contributed by atoms with Crippen molar-refractivity contribution in [2.75, 3.05) is 5.32 Å². The number of anilines is 1. The first-order chi connectivity index (χ1) is 9.45. The molecule has 20 heavy (non-hydrogen) atoms. The number of aryl methyl sites for hydroxylation is 1. The van der Waals surface area contributed by atoms with E-state index in [2.05, 4.69) is 27.3 Å². The van der Waals surface area contributed by atoms with Crippen LogP contribution in [-0.2, 0) is 11.2 Å². The van der Waals surface area contributed by atoms with Crippen molar-refractivity contribution in [3.05, 3.63) is 48.6 Å². The van der Waals surface area contributed by atoms with Gasteiger partial charge in [-0.25, -0.2) is 0 Å². The van der Waals surface area contributed by atoms with E-state index < -0.39 is 0 Å². The van der Waals surface area contributed by atoms with Crippen molar-refractivity contribution in [1.82, 2.24) is 0 Å². The fraction of sp³-hybridized carbons (Fsp3) is 0.214. The number of fused-ring (bicyclic) bond motifs is 1. The quantitative estimate of drug-likeness (QED) is 0.693. The molecule has 1 aliphatic rings. The third-order valence-corrected chi connectivity index (χ3v) is 6.38. The molecule has 1 N–H and O–H groups in total. The molecular weight excluding hydrogens is 381 g/mol. The van der Waals surface area contributed by atoms with Crippen molar-refractivity contribution >= 4 is 62.1 Å². The molecule has 0 saturated heterocycles. The Labute approximate surface area is 139 Å². The average molecular weight is 391 g/mol. The number of amides is 1. The maximum atomic E-state index is 11.4. The number of halogens is 3. The first kappa shape index (κ1) is 14.4. The van der Waals surface area contributed by atoms with Gasteiger partial charge in [0.25, 0.3) is 0 Å². The van der Waals surface area contributed by atoms with E-state index in [9.17, 15) is 4.79 Å². The summed E-state index contributed by atoms with van der Waals surface area (Å²) in [5.74, 6) is -0.00551. The van der Waals surface area contributed by atoms with E-state index >= 15 is 0 Å². The zero-order valence-corrected chi connectivity index (χ0v) is 14.4. The molecule has 0 fully saturated rings. The van der Waals surface area contributed by atoms with Crippen molar-refractivity contribution in [2.45, 2.75) is 18.7 Å². The van der Waals surface area contributed by atoms with Crippen LogP contribution >= 0.6 is 50.5 Å². The Morgan fingerprint density at radius 3 is 2.80 bits per heavy atom. The van der Waals surface area contributed by atoms with Gasteiger partial charge in [-0.1, -0.05) is 11.6 Å². The van der Waals surface area contributed by atoms with Gasteiger partial charge < -0.3 is 5.32 Å². The predicted octanol–water partition coefficient (Wildman–Crippen LogP) is 5.30. The minimum absolute atomic E-state index is 0.00551. The van der Waals surface area contributed by atoms with Crippen molar-refractivity contribution in [3.63, 3.8) is 0 Å². The largest absolute Gasteiger partial charge is 0.325 e. The first-order valence-electron chi connectivity index (χ1n) is 5.98. The second-order valence-corrected chi connectivity index (χ2v) is 7.97. The van der Waals surface area contributed by atoms with Gasteiger partial charge in [-0.15, -0.1) is 22.9 Å². The van der Waals surface area contributed by atoms with Crippen LogP contribution in [0.2, 0.25) is 5.02 Å². The van der Waals surface area contributed by atoms with Crippen LogP contribution in [0.5, 0.6) is 0 Å². The number of thiophene rings is 1. The van der Waals surface area contributed by atoms with Crippen LogP contribution in [0.1, 0.15) is 26.9 Å². The lowest BCUT2D eigenvalue weighted by Gasteiger charge is -2.12. The Morgan fingerprint density at radius 1 is 1.40 bits per heavy atom. The topological polar surface area (TPSA) is 29.1 Å². The van der Waals surface area contributed by atoms with Gasteiger partial charge in [-0.3, -0.25) is 4.79 Å². The maximum absolute atomic E-state index is 11.4. The number of hydrogen-bond donors (Lipinski definition) is 1. The molecule has 1 aromatic carbocycles. The average Bonchev–Trinajstić information content (AvgIpc) is 2.90. The van der Waals surface area contributed by atoms with Gasteiger partial charge in [0.1, 0.15) is 0 Å². The van der Waals surface area contributed by atoms with E-state index in [4.69, 9.17) is 23.2 Å². The molecule has 1 amide bonds. The highest BCUT2D eigenvalue weighted by molar-refractivity contribution is 9.11. The van der Waals surface area contributed by atoms with Gasteiger partial charge in [-0.2, -0.15) is 0 Å². The minimum Gasteiger partial charge on any atom is -0.325 e. The predicted molar refractivity (Wildman–Crippen MR) is 88.2 cm³/mol. The summed E-state index contributed by atoms with van der Waals surface area (Å²) in [7, 11) is 0. The molecule has 0 bridgehead atoms. The molecule has 2 heterocycles. The lowest BCUT2D eigenvalue weighted by atomic mass is 10.0. The molecule has 0 spiro atoms. The van der Waals surface area contributed by atoms with E-state index in [0.29, 0.717) is 11.4 Å². The molecule has 1 aliphatic heterocycles. The molecule has 2 nitrogen and oxygen atoms in total. The summed E-state index contributed by atoms with van der Waals surface area (Å²) in [6.07, 6.45) is 0.385. The van der Waals surface area contributed by atoms with Crippen molar-refractivity contribution in [3.8, 4) is 0 Å². The molecule has 1 unspecified atom stereocenters. The number of rotatable bonds is 2. The molecule has 0 saturated carbocycles. The molecule has 0 radical (unpaired) electrons. The second-order valence-electron chi connectivity index (χ2n) is 4.72. The van der Waals surface area contributed by atoms with E-state index in [0.717, 1.165) is 31.0 Å². The number of nitrogens with one attached hydrogen (secondary N) is 1. The summed E-state index contributed by atoms with van der Waals surface area (Å²) < 4.78 is 1.08. The standard InChI is InChI=1S/C14H10BrCl2NOS/c1-6-2-11(20-14(6)15)13(17)8-3-7-4-12(19)18-10(7)5-9(8)16/h2-3,5,13H,4H2,1H3,(H,18,19). The van der Waals surface area contributed by atoms with E-state index in [1.807, 2.05) is 13.0 Å². The van der Waals surface area contributed by atoms with Crippen LogP contribution in [0.3, 0.4) is 0 Å². The summed E-state index contributed by atoms with van der Waals surface area (Å²) in [4.78, 5) is 12.5. The SMILES string of the molecule is Cc1cc(C(Cl)c2cc3c(cc2Cl)NC(=O)C3)sc1Br. The van der Waals surface area contributed by atoms with E-state index in [1.165, 1.54) is 0 Å². The zero-order valence-electron chi connectivity index (χ0n) is 10.5. The van der Waals surface area contributed by atoms with Crippen molar-refractivity contribution < 1.29 is 4.79 Å². The smallest absolute Gasteiger partial charge is 0.228 e. The first-order valence-corrected chi connectivity index (χ1v) is 8.40. The summed E-state index contributed by atoms with van der Waals surface area (Å²) in [5, 5.41) is 3.06. The van der Waals surface area contributed by atoms with Crippen LogP contribution in [0.25, 0.3) is 0 Å². The molecule has 1 atom stereocenters. The normalized spacial score (nSPS) is 15.1. The Kier molecular flexibility index (Phi) is 3.84. The van der Waals surface area contributed by atoms with Crippen LogP contribution in [-0.4, -0.2) is 5.91 Å². The van der Waals surface area contributed by atoms with E-state index in [1.54, 1.807) is 17.4 Å². The van der Waals surface area contributed by atoms with Gasteiger partial charge in [0.2, 0.25) is 5.91 Å². The maximum Gasteiger partial charge on any atom is 0.228 e. The number of hydrogen-bond acceptors (Lipinski definition) is 2. The molecule has 1 aromatic heterocycles. The zero-order chi connectivity index (χ0) is 14.4. The third kappa shape index (κ3) is 2.50. The van der Waals surface area contributed by atoms with Crippen LogP contribution in [0.15, 0.2) is 22.0 Å². The van der Waals surface area contributed by atoms with Gasteiger partial charge in [0.15, 0.2) is 0 Å². The monoisotopic (exact) mass is 389 g/mol. The highest BCUT2D eigenvalue weighted by Crippen LogP contribution is 2.42. The molecule has 104 valence electrons. The Bertz CT molecular complexity index is 694. The molecule has 6 heteroatoms. The highest BCUT2D eigenvalue weighted by Gasteiger charge is 2.23. The lowest BCUT2D eigenvalue weighted by Crippen LogP contribution is -2.03. The summed E-state index contributed by atoms with van der Waals surface area (Å²) in [6, 6.07) is 5.76. The van der Waals surface area contributed by atoms with Gasteiger partial charge in [0.05, 0.1) is 15.6 Å². The Morgan fingerprint density at radius 2 is 2.15 bits per heavy atom. The fourth-order valence-electron chi connectivity index (χ4n) is 2.22. The fourth-order valence-corrected chi connectivity index (χ4v) is 4.50. The minimum atomic E-state index is -0.307. The van der Waals surface area contributed by atoms with Crippen LogP contribution in [0.4, 0.5) is 5.69 Å². The van der Waals surface area contributed by atoms with Gasteiger partial charge in [-0.05, 0) is 57.7 Å². The Balaban J connectivity index is 2.02. The number of alkyl halides is 1. The van der Waals surface area contributed by atoms with Crippen molar-refractivity contribution in [2.24, 2.45) is 0 Å². The summed E-state index contributed by atoms with van der Waals surface area (Å²) in [5.41, 5.74) is 3.74. The van der Waals surface area contributed by atoms with Gasteiger partial charge in [0, 0.05) is 15.6 Å². The summed E-state index contributed by atoms with van der Waals surface area (Å²) in [6.45, 7) is 2.03. The number of benzene rings is 1. The second kappa shape index (κ2) is 5.34. The molecular formula is C14H10BrCl2NOS. The van der Waals surface area contributed by atoms with Crippen LogP contribution < -0.4 is 5.32 Å². The third-order valence-electron chi connectivity index (χ3n) is 3.25. The summed E-state index contributed by atoms with van der Waals surface area (Å²) >= 11 is 18.0. The highest BCUT2D eigenvalue weighted by atomic mass is 79.9. The van der Waals surface area contributed by atoms with Crippen molar-refractivity contribution in [1.29, 1.82) is 0 Å². The van der Waals surface area contributed by atoms with E-state index in [-0.39, 0.29) is 11.3 Å². The van der Waals surface area contributed by atoms with Crippen LogP contribution in [0, 0.1) is 6.92 Å². The Hall–Kier alpha value is -0.550.